The lowest BCUT2D eigenvalue weighted by molar-refractivity contribution is -0.118. The summed E-state index contributed by atoms with van der Waals surface area (Å²) in [7, 11) is -3.27. The van der Waals surface area contributed by atoms with Gasteiger partial charge in [0.05, 0.1) is 23.8 Å². The van der Waals surface area contributed by atoms with Crippen LogP contribution in [0.3, 0.4) is 0 Å². The molecular weight excluding hydrogens is 920 g/mol. The van der Waals surface area contributed by atoms with Crippen LogP contribution in [0.25, 0.3) is 10.4 Å². The maximum Gasteiger partial charge on any atom is 0.349 e. The number of aliphatic hydroxyl groups excluding tert-OH is 1. The fourth-order valence-electron chi connectivity index (χ4n) is 8.14. The predicted octanol–water partition coefficient (Wildman–Crippen LogP) is 8.17. The largest absolute Gasteiger partial charge is 0.490 e. The van der Waals surface area contributed by atoms with Crippen LogP contribution in [-0.2, 0) is 15.3 Å². The summed E-state index contributed by atoms with van der Waals surface area (Å²) in [5.74, 6) is 4.78. The molecule has 1 aromatic heterocycles. The summed E-state index contributed by atoms with van der Waals surface area (Å²) in [4.78, 5) is 49.4. The number of aldehydes is 1. The molecule has 0 saturated carbocycles. The van der Waals surface area contributed by atoms with E-state index in [1.165, 1.54) is 11.2 Å². The van der Waals surface area contributed by atoms with Gasteiger partial charge in [-0.25, -0.2) is 14.9 Å². The van der Waals surface area contributed by atoms with Crippen molar-refractivity contribution in [1.29, 1.82) is 0 Å². The van der Waals surface area contributed by atoms with Gasteiger partial charge in [-0.3, -0.25) is 23.6 Å². The molecule has 2 amide bonds. The molecule has 2 heterocycles. The van der Waals surface area contributed by atoms with Crippen molar-refractivity contribution >= 4 is 75.3 Å². The minimum Gasteiger partial charge on any atom is -0.490 e. The summed E-state index contributed by atoms with van der Waals surface area (Å²) >= 11 is 7.68. The van der Waals surface area contributed by atoms with Crippen molar-refractivity contribution in [1.82, 2.24) is 14.2 Å². The topological polar surface area (TPSA) is 256 Å². The first kappa shape index (κ1) is 52.6. The molecular formula is C47H63ClN8O9S2. The number of aromatic carboxylic acids is 1. The molecule has 3 aromatic carbocycles. The molecule has 11 N–H and O–H groups in total. The number of carboxylic acid groups (broad SMARTS) is 1. The van der Waals surface area contributed by atoms with Gasteiger partial charge in [0.2, 0.25) is 6.41 Å². The van der Waals surface area contributed by atoms with E-state index in [1.54, 1.807) is 61.5 Å². The highest BCUT2D eigenvalue weighted by molar-refractivity contribution is 8.21. The summed E-state index contributed by atoms with van der Waals surface area (Å²) < 4.78 is 30.6. The second kappa shape index (κ2) is 23.6. The Hall–Kier alpha value is -5.38. The fraction of sp³-hybridized carbons (Fsp3) is 0.404. The van der Waals surface area contributed by atoms with E-state index >= 15 is 0 Å². The molecule has 1 aliphatic heterocycles. The molecule has 5 rings (SSSR count). The van der Waals surface area contributed by atoms with E-state index in [4.69, 9.17) is 27.9 Å². The van der Waals surface area contributed by atoms with E-state index in [9.17, 15) is 38.5 Å². The third-order valence-electron chi connectivity index (χ3n) is 11.4. The molecule has 0 spiro atoms. The van der Waals surface area contributed by atoms with Crippen molar-refractivity contribution in [3.8, 4) is 16.2 Å². The number of piperidine rings is 1. The number of ether oxygens (including phenoxy) is 1. The summed E-state index contributed by atoms with van der Waals surface area (Å²) in [6, 6.07) is 19.4. The number of carbonyl (C=O) groups is 4. The fourth-order valence-corrected chi connectivity index (χ4v) is 11.6. The van der Waals surface area contributed by atoms with E-state index in [0.29, 0.717) is 70.9 Å². The number of nitrogens with zero attached hydrogens (tertiary/aromatic N) is 3. The van der Waals surface area contributed by atoms with Crippen LogP contribution in [0.1, 0.15) is 91.0 Å². The molecule has 0 bridgehead atoms. The van der Waals surface area contributed by atoms with Gasteiger partial charge in [0.25, 0.3) is 5.91 Å². The number of benzene rings is 3. The van der Waals surface area contributed by atoms with Crippen LogP contribution < -0.4 is 32.3 Å². The van der Waals surface area contributed by atoms with Crippen LogP contribution in [0.2, 0.25) is 5.02 Å². The third kappa shape index (κ3) is 13.9. The number of aliphatic hydroxyl groups is 1. The van der Waals surface area contributed by atoms with E-state index in [1.807, 2.05) is 44.2 Å². The highest BCUT2D eigenvalue weighted by Crippen LogP contribution is 2.53. The molecule has 0 aliphatic carbocycles. The van der Waals surface area contributed by atoms with Crippen LogP contribution in [0.5, 0.6) is 5.75 Å². The number of carbonyl (C=O) groups excluding carboxylic acids is 3. The standard InChI is InChI=1S/C47H63ClN8O9S2/c1-6-65-42-41(48)43(66-44(42)46(61)62)33-13-8-15-36(24-33)52-37-18-21-56(47(4,5)25-37)67(63,64)28-32-12-7-14-35(23-32)53-40(59)19-20-54(50)27-34(49)26-51-39-17-9-16-38(31(39)3)45(60)55(29-58)30(2)11-10-22-57/h7-9,12-17,22-24,27,29-30,37,40,51-53,59,63-64H,6,10-11,18-21,25-26,28,49-50H2,1-5H3,(H,61,62)/b34-27-. The molecule has 1 saturated heterocycles. The summed E-state index contributed by atoms with van der Waals surface area (Å²) in [6.07, 6.45) is 3.85. The number of halogens is 1. The first-order chi connectivity index (χ1) is 31.8. The van der Waals surface area contributed by atoms with Crippen LogP contribution >= 0.6 is 33.7 Å². The second-order valence-electron chi connectivity index (χ2n) is 17.1. The van der Waals surface area contributed by atoms with Crippen molar-refractivity contribution in [2.24, 2.45) is 11.6 Å². The van der Waals surface area contributed by atoms with Gasteiger partial charge < -0.3 is 46.4 Å². The van der Waals surface area contributed by atoms with Gasteiger partial charge in [-0.2, -0.15) is 0 Å². The van der Waals surface area contributed by atoms with Gasteiger partial charge in [0.1, 0.15) is 17.5 Å². The Morgan fingerprint density at radius 3 is 2.49 bits per heavy atom. The van der Waals surface area contributed by atoms with Crippen molar-refractivity contribution in [3.05, 3.63) is 105 Å². The zero-order valence-electron chi connectivity index (χ0n) is 38.4. The summed E-state index contributed by atoms with van der Waals surface area (Å²) in [6.45, 7) is 10.4. The highest BCUT2D eigenvalue weighted by atomic mass is 35.5. The average molecular weight is 984 g/mol. The molecule has 17 nitrogen and oxygen atoms in total. The number of thiophene rings is 1. The van der Waals surface area contributed by atoms with E-state index in [0.717, 1.165) is 33.8 Å². The molecule has 1 aliphatic rings. The SMILES string of the molecule is CCOc1c(C(=O)O)sc(-c2cccc(NC3CCN(S(O)(O)Cc4cccc(NC(O)CCN(N)/C=C(\N)CNc5cccc(C(=O)N(C=O)C(C)CCC=O)c5C)c4)C(C)(C)C3)c2)c1Cl. The van der Waals surface area contributed by atoms with E-state index in [-0.39, 0.29) is 60.0 Å². The third-order valence-corrected chi connectivity index (χ3v) is 15.2. The highest BCUT2D eigenvalue weighted by Gasteiger charge is 2.42. The number of hydrazine groups is 1. The van der Waals surface area contributed by atoms with Crippen molar-refractivity contribution in [2.75, 3.05) is 42.2 Å². The van der Waals surface area contributed by atoms with Gasteiger partial charge in [-0.15, -0.1) is 22.1 Å². The average Bonchev–Trinajstić information content (AvgIpc) is 3.60. The quantitative estimate of drug-likeness (QED) is 0.0139. The number of imide groups is 1. The molecule has 1 fully saturated rings. The first-order valence-corrected chi connectivity index (χ1v) is 24.8. The van der Waals surface area contributed by atoms with Gasteiger partial charge in [0.15, 0.2) is 10.6 Å². The van der Waals surface area contributed by atoms with Crippen LogP contribution in [0.4, 0.5) is 17.1 Å². The molecule has 0 radical (unpaired) electrons. The normalized spacial score (nSPS) is 16.3. The Kier molecular flexibility index (Phi) is 18.5. The lowest BCUT2D eigenvalue weighted by atomic mass is 9.89. The Balaban J connectivity index is 1.11. The number of nitrogens with two attached hydrogens (primary N) is 2. The number of nitrogens with one attached hydrogen (secondary N) is 3. The lowest BCUT2D eigenvalue weighted by Gasteiger charge is -2.55. The number of rotatable bonds is 24. The Labute approximate surface area is 402 Å². The second-order valence-corrected chi connectivity index (χ2v) is 20.5. The zero-order chi connectivity index (χ0) is 49.1. The Bertz CT molecular complexity index is 2400. The smallest absolute Gasteiger partial charge is 0.349 e. The minimum atomic E-state index is -3.27. The number of amides is 2. The van der Waals surface area contributed by atoms with Crippen molar-refractivity contribution in [2.45, 2.75) is 96.3 Å². The molecule has 3 atom stereocenters. The Morgan fingerprint density at radius 1 is 1.09 bits per heavy atom. The number of anilines is 3. The number of carboxylic acids is 1. The van der Waals surface area contributed by atoms with Crippen LogP contribution in [0.15, 0.2) is 78.6 Å². The van der Waals surface area contributed by atoms with E-state index in [2.05, 4.69) is 16.0 Å². The molecule has 3 unspecified atom stereocenters. The first-order valence-electron chi connectivity index (χ1n) is 21.9. The van der Waals surface area contributed by atoms with Crippen LogP contribution in [0, 0.1) is 6.92 Å². The molecule has 20 heteroatoms. The van der Waals surface area contributed by atoms with Gasteiger partial charge in [-0.05, 0) is 107 Å². The Morgan fingerprint density at radius 2 is 1.81 bits per heavy atom. The van der Waals surface area contributed by atoms with E-state index < -0.39 is 40.5 Å². The maximum absolute atomic E-state index is 13.2. The molecule has 364 valence electrons. The summed E-state index contributed by atoms with van der Waals surface area (Å²) in [5.41, 5.74) is 10.5. The lowest BCUT2D eigenvalue weighted by Crippen LogP contribution is -2.53. The van der Waals surface area contributed by atoms with Crippen LogP contribution in [-0.4, -0.2) is 108 Å². The van der Waals surface area contributed by atoms with Gasteiger partial charge in [-0.1, -0.05) is 41.9 Å². The molecule has 4 aromatic rings. The molecule has 67 heavy (non-hydrogen) atoms. The number of hydrogen-bond donors (Lipinski definition) is 9. The number of hydrogen-bond acceptors (Lipinski definition) is 16. The zero-order valence-corrected chi connectivity index (χ0v) is 40.8. The minimum absolute atomic E-state index is 0.00953. The maximum atomic E-state index is 13.2. The van der Waals surface area contributed by atoms with Gasteiger partial charge >= 0.3 is 5.97 Å². The van der Waals surface area contributed by atoms with Crippen molar-refractivity contribution < 1.29 is 43.2 Å². The summed E-state index contributed by atoms with van der Waals surface area (Å²) in [5, 5.41) is 32.1. The predicted molar refractivity (Wildman–Crippen MR) is 267 cm³/mol. The van der Waals surface area contributed by atoms with Gasteiger partial charge in [0, 0.05) is 78.1 Å². The van der Waals surface area contributed by atoms with Crippen molar-refractivity contribution in [3.63, 3.8) is 0 Å². The monoisotopic (exact) mass is 982 g/mol.